The van der Waals surface area contributed by atoms with E-state index in [1.807, 2.05) is 18.2 Å². The predicted octanol–water partition coefficient (Wildman–Crippen LogP) is 2.24. The number of amides is 2. The zero-order valence-corrected chi connectivity index (χ0v) is 10.8. The van der Waals surface area contributed by atoms with E-state index in [-0.39, 0.29) is 17.9 Å². The number of anilines is 2. The Kier molecular flexibility index (Phi) is 2.89. The molecular formula is C14H16N2O3. The Morgan fingerprint density at radius 3 is 2.89 bits per heavy atom. The number of hydrogen-bond donors (Lipinski definition) is 1. The summed E-state index contributed by atoms with van der Waals surface area (Å²) in [5.41, 5.74) is 1.48. The Hall–Kier alpha value is -2.04. The SMILES string of the molecule is CC1CC1C(=O)Nc1cccc(N2CCOC2=O)c1. The standard InChI is InChI=1S/C14H16N2O3/c1-9-7-12(9)13(17)15-10-3-2-4-11(8-10)16-5-6-19-14(16)18/h2-4,8-9,12H,5-7H2,1H3,(H,15,17). The number of benzene rings is 1. The van der Waals surface area contributed by atoms with Crippen LogP contribution in [0.4, 0.5) is 16.2 Å². The fraction of sp³-hybridized carbons (Fsp3) is 0.429. The van der Waals surface area contributed by atoms with Crippen LogP contribution in [0.3, 0.4) is 0 Å². The molecule has 5 heteroatoms. The molecule has 1 N–H and O–H groups in total. The summed E-state index contributed by atoms with van der Waals surface area (Å²) in [6.07, 6.45) is 0.628. The predicted molar refractivity (Wildman–Crippen MR) is 71.0 cm³/mol. The van der Waals surface area contributed by atoms with E-state index >= 15 is 0 Å². The summed E-state index contributed by atoms with van der Waals surface area (Å²) in [4.78, 5) is 24.9. The van der Waals surface area contributed by atoms with Crippen molar-refractivity contribution in [1.82, 2.24) is 0 Å². The van der Waals surface area contributed by atoms with Crippen LogP contribution in [0.5, 0.6) is 0 Å². The van der Waals surface area contributed by atoms with E-state index in [1.165, 1.54) is 0 Å². The van der Waals surface area contributed by atoms with Crippen LogP contribution in [0, 0.1) is 11.8 Å². The molecule has 1 heterocycles. The number of carbonyl (C=O) groups excluding carboxylic acids is 2. The molecule has 3 rings (SSSR count). The minimum atomic E-state index is -0.334. The molecule has 5 nitrogen and oxygen atoms in total. The molecule has 1 aliphatic carbocycles. The van der Waals surface area contributed by atoms with Gasteiger partial charge in [0, 0.05) is 17.3 Å². The molecule has 0 bridgehead atoms. The Balaban J connectivity index is 1.72. The van der Waals surface area contributed by atoms with Crippen molar-refractivity contribution in [2.24, 2.45) is 11.8 Å². The molecule has 2 aliphatic rings. The highest BCUT2D eigenvalue weighted by atomic mass is 16.6. The number of nitrogens with one attached hydrogen (secondary N) is 1. The molecular weight excluding hydrogens is 244 g/mol. The fourth-order valence-electron chi connectivity index (χ4n) is 2.30. The van der Waals surface area contributed by atoms with Gasteiger partial charge in [0.2, 0.25) is 5.91 Å². The van der Waals surface area contributed by atoms with Crippen LogP contribution in [-0.2, 0) is 9.53 Å². The third-order valence-electron chi connectivity index (χ3n) is 3.63. The molecule has 0 spiro atoms. The Morgan fingerprint density at radius 1 is 1.47 bits per heavy atom. The summed E-state index contributed by atoms with van der Waals surface area (Å²) in [6.45, 7) is 3.03. The van der Waals surface area contributed by atoms with Crippen LogP contribution in [0.2, 0.25) is 0 Å². The van der Waals surface area contributed by atoms with Crippen molar-refractivity contribution in [2.75, 3.05) is 23.4 Å². The van der Waals surface area contributed by atoms with Crippen LogP contribution >= 0.6 is 0 Å². The molecule has 1 saturated heterocycles. The van der Waals surface area contributed by atoms with Gasteiger partial charge >= 0.3 is 6.09 Å². The Bertz CT molecular complexity index is 529. The number of hydrogen-bond acceptors (Lipinski definition) is 3. The number of rotatable bonds is 3. The maximum atomic E-state index is 11.9. The fourth-order valence-corrected chi connectivity index (χ4v) is 2.30. The maximum Gasteiger partial charge on any atom is 0.414 e. The third-order valence-corrected chi connectivity index (χ3v) is 3.63. The molecule has 19 heavy (non-hydrogen) atoms. The van der Waals surface area contributed by atoms with Gasteiger partial charge in [0.1, 0.15) is 6.61 Å². The summed E-state index contributed by atoms with van der Waals surface area (Å²) in [5, 5.41) is 2.90. The third kappa shape index (κ3) is 2.41. The van der Waals surface area contributed by atoms with Gasteiger partial charge in [-0.15, -0.1) is 0 Å². The quantitative estimate of drug-likeness (QED) is 0.906. The van der Waals surface area contributed by atoms with Gasteiger partial charge in [0.05, 0.1) is 6.54 Å². The van der Waals surface area contributed by atoms with E-state index in [9.17, 15) is 9.59 Å². The largest absolute Gasteiger partial charge is 0.447 e. The number of carbonyl (C=O) groups is 2. The lowest BCUT2D eigenvalue weighted by Gasteiger charge is -2.14. The van der Waals surface area contributed by atoms with Gasteiger partial charge in [-0.3, -0.25) is 9.69 Å². The van der Waals surface area contributed by atoms with E-state index in [0.717, 1.165) is 17.8 Å². The summed E-state index contributed by atoms with van der Waals surface area (Å²) in [5.74, 6) is 0.686. The highest BCUT2D eigenvalue weighted by Crippen LogP contribution is 2.38. The van der Waals surface area contributed by atoms with Crippen molar-refractivity contribution < 1.29 is 14.3 Å². The van der Waals surface area contributed by atoms with Crippen LogP contribution in [0.1, 0.15) is 13.3 Å². The first-order valence-corrected chi connectivity index (χ1v) is 6.50. The van der Waals surface area contributed by atoms with Crippen LogP contribution in [0.15, 0.2) is 24.3 Å². The van der Waals surface area contributed by atoms with E-state index in [2.05, 4.69) is 12.2 Å². The van der Waals surface area contributed by atoms with Gasteiger partial charge in [0.15, 0.2) is 0 Å². The normalized spacial score (nSPS) is 25.1. The molecule has 0 aromatic heterocycles. The van der Waals surface area contributed by atoms with E-state index in [4.69, 9.17) is 4.74 Å². The molecule has 2 amide bonds. The van der Waals surface area contributed by atoms with E-state index < -0.39 is 0 Å². The highest BCUT2D eigenvalue weighted by molar-refractivity contribution is 5.96. The minimum absolute atomic E-state index is 0.0636. The summed E-state index contributed by atoms with van der Waals surface area (Å²) < 4.78 is 4.90. The minimum Gasteiger partial charge on any atom is -0.447 e. The van der Waals surface area contributed by atoms with Crippen molar-refractivity contribution >= 4 is 23.4 Å². The lowest BCUT2D eigenvalue weighted by molar-refractivity contribution is -0.117. The lowest BCUT2D eigenvalue weighted by Crippen LogP contribution is -2.23. The molecule has 1 aromatic rings. The van der Waals surface area contributed by atoms with Crippen molar-refractivity contribution in [3.8, 4) is 0 Å². The smallest absolute Gasteiger partial charge is 0.414 e. The van der Waals surface area contributed by atoms with E-state index in [0.29, 0.717) is 19.1 Å². The van der Waals surface area contributed by atoms with Crippen LogP contribution in [0.25, 0.3) is 0 Å². The molecule has 0 radical (unpaired) electrons. The summed E-state index contributed by atoms with van der Waals surface area (Å²) in [7, 11) is 0. The van der Waals surface area contributed by atoms with Gasteiger partial charge in [-0.2, -0.15) is 0 Å². The first-order chi connectivity index (χ1) is 9.15. The highest BCUT2D eigenvalue weighted by Gasteiger charge is 2.39. The summed E-state index contributed by atoms with van der Waals surface area (Å²) >= 11 is 0. The van der Waals surface area contributed by atoms with Crippen molar-refractivity contribution in [1.29, 1.82) is 0 Å². The Labute approximate surface area is 111 Å². The molecule has 1 aromatic carbocycles. The molecule has 2 unspecified atom stereocenters. The monoisotopic (exact) mass is 260 g/mol. The number of cyclic esters (lactones) is 1. The number of ether oxygens (including phenoxy) is 1. The average Bonchev–Trinajstić information content (AvgIpc) is 2.96. The average molecular weight is 260 g/mol. The topological polar surface area (TPSA) is 58.6 Å². The van der Waals surface area contributed by atoms with E-state index in [1.54, 1.807) is 11.0 Å². The summed E-state index contributed by atoms with van der Waals surface area (Å²) in [6, 6.07) is 7.29. The van der Waals surface area contributed by atoms with Crippen LogP contribution < -0.4 is 10.2 Å². The van der Waals surface area contributed by atoms with Crippen LogP contribution in [-0.4, -0.2) is 25.2 Å². The molecule has 100 valence electrons. The van der Waals surface area contributed by atoms with Gasteiger partial charge < -0.3 is 10.1 Å². The van der Waals surface area contributed by atoms with Crippen molar-refractivity contribution in [2.45, 2.75) is 13.3 Å². The molecule has 2 atom stereocenters. The van der Waals surface area contributed by atoms with Gasteiger partial charge in [-0.05, 0) is 30.5 Å². The zero-order chi connectivity index (χ0) is 13.4. The van der Waals surface area contributed by atoms with Gasteiger partial charge in [-0.1, -0.05) is 13.0 Å². The van der Waals surface area contributed by atoms with Gasteiger partial charge in [0.25, 0.3) is 0 Å². The molecule has 2 fully saturated rings. The maximum absolute atomic E-state index is 11.9. The first-order valence-electron chi connectivity index (χ1n) is 6.50. The second-order valence-corrected chi connectivity index (χ2v) is 5.13. The Morgan fingerprint density at radius 2 is 2.26 bits per heavy atom. The molecule has 1 saturated carbocycles. The first kappa shape index (κ1) is 12.0. The number of nitrogens with zero attached hydrogens (tertiary/aromatic N) is 1. The van der Waals surface area contributed by atoms with Crippen molar-refractivity contribution in [3.05, 3.63) is 24.3 Å². The second kappa shape index (κ2) is 4.57. The zero-order valence-electron chi connectivity index (χ0n) is 10.8. The second-order valence-electron chi connectivity index (χ2n) is 5.13. The lowest BCUT2D eigenvalue weighted by atomic mass is 10.2. The molecule has 1 aliphatic heterocycles. The van der Waals surface area contributed by atoms with Crippen molar-refractivity contribution in [3.63, 3.8) is 0 Å². The van der Waals surface area contributed by atoms with Gasteiger partial charge in [-0.25, -0.2) is 4.79 Å².